The van der Waals surface area contributed by atoms with Gasteiger partial charge in [-0.15, -0.1) is 0 Å². The highest BCUT2D eigenvalue weighted by Crippen LogP contribution is 2.40. The zero-order valence-electron chi connectivity index (χ0n) is 19.4. The molecule has 2 bridgehead atoms. The first kappa shape index (κ1) is 24.7. The zero-order valence-corrected chi connectivity index (χ0v) is 19.4. The summed E-state index contributed by atoms with van der Waals surface area (Å²) >= 11 is 0. The first-order valence-electron chi connectivity index (χ1n) is 11.5. The van der Waals surface area contributed by atoms with Crippen LogP contribution >= 0.6 is 0 Å². The molecule has 10 nitrogen and oxygen atoms in total. The van der Waals surface area contributed by atoms with E-state index in [0.717, 1.165) is 12.1 Å². The van der Waals surface area contributed by atoms with E-state index in [0.29, 0.717) is 36.7 Å². The van der Waals surface area contributed by atoms with Gasteiger partial charge in [0.1, 0.15) is 12.7 Å². The number of hydrogen-bond acceptors (Lipinski definition) is 8. The number of anilines is 3. The summed E-state index contributed by atoms with van der Waals surface area (Å²) < 4.78 is 44.9. The third-order valence-corrected chi connectivity index (χ3v) is 6.14. The fraction of sp³-hybridized carbons (Fsp3) is 0.333. The number of hydrogen-bond donors (Lipinski definition) is 3. The normalized spacial score (nSPS) is 17.4. The Morgan fingerprint density at radius 1 is 1.22 bits per heavy atom. The predicted octanol–water partition coefficient (Wildman–Crippen LogP) is 2.92. The first-order chi connectivity index (χ1) is 17.7. The van der Waals surface area contributed by atoms with Gasteiger partial charge in [-0.2, -0.15) is 13.2 Å². The second-order valence-corrected chi connectivity index (χ2v) is 8.70. The van der Waals surface area contributed by atoms with Crippen LogP contribution in [0.2, 0.25) is 0 Å². The van der Waals surface area contributed by atoms with E-state index in [4.69, 9.17) is 9.84 Å². The number of aromatic nitrogens is 3. The van der Waals surface area contributed by atoms with Gasteiger partial charge in [0.25, 0.3) is 0 Å². The van der Waals surface area contributed by atoms with Crippen LogP contribution in [0.15, 0.2) is 48.8 Å². The van der Waals surface area contributed by atoms with Crippen LogP contribution in [-0.2, 0) is 6.18 Å². The van der Waals surface area contributed by atoms with Gasteiger partial charge in [0.15, 0.2) is 11.6 Å². The SMILES string of the molecule is O=C(Nc1ccc(OC[C@H](O)CO)nc1)N1c2nc(-c3cccc(C(F)(F)F)c3)ncc2N2CC[C@H]1C2. The van der Waals surface area contributed by atoms with Gasteiger partial charge in [-0.3, -0.25) is 4.90 Å². The molecular formula is C24H23F3N6O4. The minimum absolute atomic E-state index is 0.0818. The Labute approximate surface area is 209 Å². The lowest BCUT2D eigenvalue weighted by atomic mass is 10.1. The molecule has 0 unspecified atom stereocenters. The molecule has 1 saturated heterocycles. The maximum Gasteiger partial charge on any atom is 0.416 e. The number of aliphatic hydroxyl groups excluding tert-OH is 2. The summed E-state index contributed by atoms with van der Waals surface area (Å²) in [6, 6.07) is 7.20. The number of fused-ring (bicyclic) bond motifs is 4. The standard InChI is InChI=1S/C24H23F3N6O4/c25-24(26,27)15-3-1-2-14(8-15)21-29-10-19-22(31-21)33(17-6-7-32(19)11-17)23(36)30-16-4-5-20(28-9-16)37-13-18(35)12-34/h1-5,8-10,17-18,34-35H,6-7,11-13H2,(H,30,36)/t17-,18+/m0/s1. The number of ether oxygens (including phenoxy) is 1. The number of benzene rings is 1. The molecule has 4 heterocycles. The van der Waals surface area contributed by atoms with Crippen LogP contribution < -0.4 is 19.9 Å². The lowest BCUT2D eigenvalue weighted by molar-refractivity contribution is -0.137. The Balaban J connectivity index is 1.39. The molecule has 5 rings (SSSR count). The smallest absolute Gasteiger partial charge is 0.416 e. The monoisotopic (exact) mass is 516 g/mol. The molecule has 0 saturated carbocycles. The number of nitrogens with one attached hydrogen (secondary N) is 1. The molecule has 1 fully saturated rings. The molecule has 2 atom stereocenters. The van der Waals surface area contributed by atoms with E-state index in [2.05, 4.69) is 20.3 Å². The van der Waals surface area contributed by atoms with Crippen LogP contribution in [0.25, 0.3) is 11.4 Å². The van der Waals surface area contributed by atoms with E-state index in [1.165, 1.54) is 35.5 Å². The average molecular weight is 516 g/mol. The number of nitrogens with zero attached hydrogens (tertiary/aromatic N) is 5. The van der Waals surface area contributed by atoms with Gasteiger partial charge in [0.05, 0.1) is 42.0 Å². The molecule has 13 heteroatoms. The van der Waals surface area contributed by atoms with Crippen LogP contribution in [0.1, 0.15) is 12.0 Å². The van der Waals surface area contributed by atoms with Crippen molar-refractivity contribution >= 4 is 23.2 Å². The third-order valence-electron chi connectivity index (χ3n) is 6.14. The lowest BCUT2D eigenvalue weighted by Crippen LogP contribution is -2.48. The van der Waals surface area contributed by atoms with E-state index < -0.39 is 30.5 Å². The van der Waals surface area contributed by atoms with E-state index in [1.807, 2.05) is 4.90 Å². The minimum atomic E-state index is -4.51. The summed E-state index contributed by atoms with van der Waals surface area (Å²) in [7, 11) is 0. The van der Waals surface area contributed by atoms with Crippen LogP contribution in [0, 0.1) is 0 Å². The van der Waals surface area contributed by atoms with Crippen molar-refractivity contribution in [1.82, 2.24) is 15.0 Å². The van der Waals surface area contributed by atoms with Gasteiger partial charge in [0.2, 0.25) is 5.88 Å². The van der Waals surface area contributed by atoms with Gasteiger partial charge in [-0.1, -0.05) is 12.1 Å². The highest BCUT2D eigenvalue weighted by atomic mass is 19.4. The zero-order chi connectivity index (χ0) is 26.2. The van der Waals surface area contributed by atoms with Crippen molar-refractivity contribution in [3.63, 3.8) is 0 Å². The molecule has 3 N–H and O–H groups in total. The molecule has 0 aliphatic carbocycles. The van der Waals surface area contributed by atoms with Gasteiger partial charge >= 0.3 is 12.2 Å². The fourth-order valence-electron chi connectivity index (χ4n) is 4.30. The van der Waals surface area contributed by atoms with Gasteiger partial charge in [0, 0.05) is 24.7 Å². The van der Waals surface area contributed by atoms with Crippen LogP contribution in [0.4, 0.5) is 35.2 Å². The van der Waals surface area contributed by atoms with Crippen LogP contribution in [-0.4, -0.2) is 69.6 Å². The predicted molar refractivity (Wildman–Crippen MR) is 127 cm³/mol. The molecule has 3 aromatic rings. The Hall–Kier alpha value is -3.97. The van der Waals surface area contributed by atoms with Crippen molar-refractivity contribution in [1.29, 1.82) is 0 Å². The van der Waals surface area contributed by atoms with E-state index in [9.17, 15) is 23.1 Å². The van der Waals surface area contributed by atoms with Crippen LogP contribution in [0.3, 0.4) is 0 Å². The maximum atomic E-state index is 13.4. The number of amides is 2. The second kappa shape index (κ2) is 9.82. The molecule has 0 spiro atoms. The lowest BCUT2D eigenvalue weighted by Gasteiger charge is -2.35. The average Bonchev–Trinajstić information content (AvgIpc) is 3.31. The highest BCUT2D eigenvalue weighted by molar-refractivity contribution is 6.04. The number of pyridine rings is 1. The summed E-state index contributed by atoms with van der Waals surface area (Å²) in [5.41, 5.74) is 0.394. The highest BCUT2D eigenvalue weighted by Gasteiger charge is 2.41. The number of aliphatic hydroxyl groups is 2. The molecule has 2 aromatic heterocycles. The Morgan fingerprint density at radius 3 is 2.78 bits per heavy atom. The summed E-state index contributed by atoms with van der Waals surface area (Å²) in [5.74, 6) is 0.608. The molecule has 2 aliphatic heterocycles. The summed E-state index contributed by atoms with van der Waals surface area (Å²) in [5, 5.41) is 21.0. The van der Waals surface area contributed by atoms with E-state index in [-0.39, 0.29) is 29.9 Å². The Morgan fingerprint density at radius 2 is 2.05 bits per heavy atom. The molecule has 2 amide bonds. The Bertz CT molecular complexity index is 1290. The quantitative estimate of drug-likeness (QED) is 0.457. The summed E-state index contributed by atoms with van der Waals surface area (Å²) in [6.45, 7) is 0.709. The van der Waals surface area contributed by atoms with Gasteiger partial charge < -0.3 is 25.2 Å². The minimum Gasteiger partial charge on any atom is -0.475 e. The van der Waals surface area contributed by atoms with E-state index in [1.54, 1.807) is 6.07 Å². The molecule has 37 heavy (non-hydrogen) atoms. The van der Waals surface area contributed by atoms with Gasteiger partial charge in [-0.05, 0) is 24.6 Å². The molecule has 0 radical (unpaired) electrons. The van der Waals surface area contributed by atoms with Crippen molar-refractivity contribution in [3.05, 3.63) is 54.4 Å². The van der Waals surface area contributed by atoms with Crippen molar-refractivity contribution in [2.45, 2.75) is 24.7 Å². The maximum absolute atomic E-state index is 13.4. The van der Waals surface area contributed by atoms with Crippen molar-refractivity contribution < 1.29 is 32.9 Å². The van der Waals surface area contributed by atoms with Crippen molar-refractivity contribution in [2.75, 3.05) is 41.4 Å². The first-order valence-corrected chi connectivity index (χ1v) is 11.5. The number of carbonyl (C=O) groups excluding carboxylic acids is 1. The molecule has 1 aromatic carbocycles. The van der Waals surface area contributed by atoms with Gasteiger partial charge in [-0.25, -0.2) is 19.7 Å². The Kier molecular flexibility index (Phi) is 6.56. The fourth-order valence-corrected chi connectivity index (χ4v) is 4.30. The second-order valence-electron chi connectivity index (χ2n) is 8.70. The third kappa shape index (κ3) is 5.13. The van der Waals surface area contributed by atoms with Crippen molar-refractivity contribution in [3.8, 4) is 17.3 Å². The largest absolute Gasteiger partial charge is 0.475 e. The molecule has 2 aliphatic rings. The van der Waals surface area contributed by atoms with Crippen molar-refractivity contribution in [2.24, 2.45) is 0 Å². The van der Waals surface area contributed by atoms with E-state index >= 15 is 0 Å². The molecule has 194 valence electrons. The number of alkyl halides is 3. The number of urea groups is 1. The molecular weight excluding hydrogens is 493 g/mol. The number of rotatable bonds is 6. The summed E-state index contributed by atoms with van der Waals surface area (Å²) in [6.07, 6.45) is -1.92. The number of halogens is 3. The topological polar surface area (TPSA) is 124 Å². The number of carbonyl (C=O) groups is 1. The van der Waals surface area contributed by atoms with Crippen LogP contribution in [0.5, 0.6) is 5.88 Å². The summed E-state index contributed by atoms with van der Waals surface area (Å²) in [4.78, 5) is 29.8.